The van der Waals surface area contributed by atoms with Crippen LogP contribution >= 0.6 is 22.6 Å². The fourth-order valence-corrected chi connectivity index (χ4v) is 2.74. The summed E-state index contributed by atoms with van der Waals surface area (Å²) in [6, 6.07) is 4.29. The Hall–Kier alpha value is -0.971. The summed E-state index contributed by atoms with van der Waals surface area (Å²) in [5.41, 5.74) is 0.632. The molecule has 2 rings (SSSR count). The number of hydrogen-bond acceptors (Lipinski definition) is 0. The van der Waals surface area contributed by atoms with Gasteiger partial charge in [0.25, 0.3) is 0 Å². The zero-order valence-electron chi connectivity index (χ0n) is 16.9. The molecule has 16 heteroatoms. The van der Waals surface area contributed by atoms with Crippen LogP contribution in [0.15, 0.2) is 24.3 Å². The quantitative estimate of drug-likeness (QED) is 0.194. The van der Waals surface area contributed by atoms with Crippen LogP contribution in [0.2, 0.25) is 0 Å². The second-order valence-corrected chi connectivity index (χ2v) is 7.65. The molecule has 140 valence electrons. The summed E-state index contributed by atoms with van der Waals surface area (Å²) in [7, 11) is 31.8. The fourth-order valence-electron chi connectivity index (χ4n) is 2.12. The molecule has 0 aliphatic carbocycles. The van der Waals surface area contributed by atoms with Gasteiger partial charge in [0, 0.05) is 81.6 Å². The van der Waals surface area contributed by atoms with Crippen molar-refractivity contribution >= 4 is 100 Å². The van der Waals surface area contributed by atoms with Crippen LogP contribution in [0.1, 0.15) is 11.1 Å². The second-order valence-electron chi connectivity index (χ2n) is 6.49. The number of benzene rings is 2. The standard InChI is InChI=1S/C8H5F2N.C7H5F2I.B10/c1-5-3-8(11-2)7(10)4-6(5)9;1-4-2-7(10)6(9)3-5(4)8;1-7(2)10(8(3)4)9(5)6/h3-4H,1H3;2-3H,1H3;. The molecule has 0 fully saturated rings. The third-order valence-corrected chi connectivity index (χ3v) is 4.71. The lowest BCUT2D eigenvalue weighted by atomic mass is 8.58. The molecule has 12 radical (unpaired) electrons. The average molecular weight is 515 g/mol. The van der Waals surface area contributed by atoms with Crippen molar-refractivity contribution in [1.29, 1.82) is 0 Å². The maximum Gasteiger partial charge on any atom is 0.222 e. The van der Waals surface area contributed by atoms with E-state index in [0.29, 0.717) is 9.13 Å². The van der Waals surface area contributed by atoms with Gasteiger partial charge in [0.2, 0.25) is 5.69 Å². The van der Waals surface area contributed by atoms with Gasteiger partial charge in [-0.1, -0.05) is 0 Å². The highest BCUT2D eigenvalue weighted by molar-refractivity contribution is 14.1. The SMILES string of the molecule is Cc1cc(I)c(F)cc1F.[B]B([B])B(B([B])[B])B([B])[B].[C-]#[N+]c1cc(C)c(F)cc1F. The molecule has 0 heterocycles. The van der Waals surface area contributed by atoms with E-state index in [-0.39, 0.29) is 11.3 Å². The van der Waals surface area contributed by atoms with Crippen molar-refractivity contribution in [2.24, 2.45) is 0 Å². The van der Waals surface area contributed by atoms with Gasteiger partial charge < -0.3 is 0 Å². The lowest BCUT2D eigenvalue weighted by molar-refractivity contribution is 0.572. The molecule has 0 saturated heterocycles. The summed E-state index contributed by atoms with van der Waals surface area (Å²) >= 11 is 1.82. The predicted molar refractivity (Wildman–Crippen MR) is 139 cm³/mol. The lowest BCUT2D eigenvalue weighted by Gasteiger charge is -2.23. The summed E-state index contributed by atoms with van der Waals surface area (Å²) < 4.78 is 50.6. The first-order valence-corrected chi connectivity index (χ1v) is 9.78. The van der Waals surface area contributed by atoms with E-state index in [1.807, 2.05) is 22.6 Å². The van der Waals surface area contributed by atoms with E-state index in [2.05, 4.69) is 4.85 Å². The van der Waals surface area contributed by atoms with E-state index in [1.165, 1.54) is 19.1 Å². The van der Waals surface area contributed by atoms with E-state index >= 15 is 0 Å². The Morgan fingerprint density at radius 2 is 1.10 bits per heavy atom. The minimum atomic E-state index is -0.803. The molecule has 0 aromatic heterocycles. The lowest BCUT2D eigenvalue weighted by Crippen LogP contribution is -2.62. The molecule has 0 saturated carbocycles. The maximum absolute atomic E-state index is 12.6. The van der Waals surface area contributed by atoms with Gasteiger partial charge in [-0.3, -0.25) is 0 Å². The maximum atomic E-state index is 12.6. The van der Waals surface area contributed by atoms with Crippen LogP contribution in [-0.2, 0) is 0 Å². The van der Waals surface area contributed by atoms with Crippen LogP contribution in [0.5, 0.6) is 0 Å². The first kappa shape index (κ1) is 30.0. The Morgan fingerprint density at radius 3 is 1.42 bits per heavy atom. The molecule has 0 spiro atoms. The normalized spacial score (nSPS) is 9.23. The Kier molecular flexibility index (Phi) is 13.8. The molecular weight excluding hydrogens is 505 g/mol. The summed E-state index contributed by atoms with van der Waals surface area (Å²) in [4.78, 5) is 2.88. The third kappa shape index (κ3) is 10.5. The highest BCUT2D eigenvalue weighted by Crippen LogP contribution is 2.21. The smallest absolute Gasteiger partial charge is 0.222 e. The molecule has 0 unspecified atom stereocenters. The highest BCUT2D eigenvalue weighted by atomic mass is 127. The molecule has 2 aromatic carbocycles. The van der Waals surface area contributed by atoms with E-state index < -0.39 is 48.8 Å². The number of halogens is 5. The molecule has 0 N–H and O–H groups in total. The van der Waals surface area contributed by atoms with Gasteiger partial charge in [0.05, 0.1) is 6.57 Å². The van der Waals surface area contributed by atoms with Crippen molar-refractivity contribution < 1.29 is 17.6 Å². The highest BCUT2D eigenvalue weighted by Gasteiger charge is 2.24. The van der Waals surface area contributed by atoms with Crippen LogP contribution in [-0.4, -0.2) is 72.0 Å². The largest absolute Gasteiger partial charge is 0.235 e. The molecule has 31 heavy (non-hydrogen) atoms. The Labute approximate surface area is 204 Å². The summed E-state index contributed by atoms with van der Waals surface area (Å²) in [5.74, 6) is -2.40. The number of aryl methyl sites for hydroxylation is 2. The number of nitrogens with zero attached hydrogens (tertiary/aromatic N) is 1. The van der Waals surface area contributed by atoms with Gasteiger partial charge in [-0.05, 0) is 65.8 Å². The van der Waals surface area contributed by atoms with E-state index in [0.717, 1.165) is 12.1 Å². The Bertz CT molecular complexity index is 841. The van der Waals surface area contributed by atoms with Crippen LogP contribution < -0.4 is 0 Å². The van der Waals surface area contributed by atoms with E-state index in [4.69, 9.17) is 53.0 Å². The zero-order chi connectivity index (χ0) is 24.5. The molecule has 0 aliphatic heterocycles. The van der Waals surface area contributed by atoms with Gasteiger partial charge in [0.1, 0.15) is 23.3 Å². The van der Waals surface area contributed by atoms with Gasteiger partial charge >= 0.3 is 0 Å². The van der Waals surface area contributed by atoms with Crippen molar-refractivity contribution in [3.63, 3.8) is 0 Å². The summed E-state index contributed by atoms with van der Waals surface area (Å²) in [6.45, 7) is 9.61. The van der Waals surface area contributed by atoms with Crippen LogP contribution in [0, 0.1) is 47.3 Å². The van der Waals surface area contributed by atoms with E-state index in [1.54, 1.807) is 6.92 Å². The van der Waals surface area contributed by atoms with Crippen molar-refractivity contribution in [3.05, 3.63) is 73.6 Å². The van der Waals surface area contributed by atoms with Crippen LogP contribution in [0.4, 0.5) is 23.2 Å². The van der Waals surface area contributed by atoms with E-state index in [9.17, 15) is 17.6 Å². The Morgan fingerprint density at radius 1 is 0.710 bits per heavy atom. The van der Waals surface area contributed by atoms with Gasteiger partial charge in [-0.15, -0.1) is 0 Å². The minimum Gasteiger partial charge on any atom is -0.235 e. The zero-order valence-corrected chi connectivity index (χ0v) is 19.1. The molecule has 2 aromatic rings. The van der Waals surface area contributed by atoms with Gasteiger partial charge in [0.15, 0.2) is 0 Å². The Balaban J connectivity index is 0.000000436. The molecule has 0 atom stereocenters. The minimum absolute atomic E-state index is 0.135. The number of hydrogen-bond donors (Lipinski definition) is 0. The summed E-state index contributed by atoms with van der Waals surface area (Å²) in [6.07, 6.45) is -2.44. The average Bonchev–Trinajstić information content (AvgIpc) is 2.63. The van der Waals surface area contributed by atoms with Crippen molar-refractivity contribution in [2.45, 2.75) is 13.8 Å². The molecule has 0 aliphatic rings. The first-order valence-electron chi connectivity index (χ1n) is 8.70. The first-order chi connectivity index (χ1) is 14.2. The van der Waals surface area contributed by atoms with Crippen LogP contribution in [0.3, 0.4) is 0 Å². The van der Waals surface area contributed by atoms with Crippen LogP contribution in [0.25, 0.3) is 4.85 Å². The van der Waals surface area contributed by atoms with Crippen molar-refractivity contribution in [2.75, 3.05) is 0 Å². The monoisotopic (exact) mass is 517 g/mol. The van der Waals surface area contributed by atoms with Gasteiger partial charge in [-0.25, -0.2) is 22.4 Å². The van der Waals surface area contributed by atoms with Gasteiger partial charge in [-0.2, -0.15) is 0 Å². The topological polar surface area (TPSA) is 4.36 Å². The number of rotatable bonds is 3. The molecule has 1 nitrogen and oxygen atoms in total. The molecular formula is C15H10B10F4IN. The van der Waals surface area contributed by atoms with Crippen molar-refractivity contribution in [3.8, 4) is 0 Å². The fraction of sp³-hybridized carbons (Fsp3) is 0.133. The predicted octanol–water partition coefficient (Wildman–Crippen LogP) is 1.89. The molecule has 0 amide bonds. The summed E-state index contributed by atoms with van der Waals surface area (Å²) in [5, 5.41) is 0. The third-order valence-electron chi connectivity index (χ3n) is 3.88. The van der Waals surface area contributed by atoms with Crippen molar-refractivity contribution in [1.82, 2.24) is 0 Å². The second kappa shape index (κ2) is 14.2. The molecule has 0 bridgehead atoms.